The molecule has 7 rings (SSSR count). The Labute approximate surface area is 485 Å². The van der Waals surface area contributed by atoms with Crippen molar-refractivity contribution >= 4 is 81.7 Å². The maximum atomic E-state index is 7.50. The summed E-state index contributed by atoms with van der Waals surface area (Å²) in [7, 11) is -4.93. The molecule has 0 aromatic heterocycles. The first kappa shape index (κ1) is 69.6. The quantitative estimate of drug-likeness (QED) is 0.0316. The van der Waals surface area contributed by atoms with Gasteiger partial charge in [-0.05, 0) is 70.4 Å². The molecule has 0 aliphatic rings. The average Bonchev–Trinajstić information content (AvgIpc) is 3.48. The molecule has 4 nitrogen and oxygen atoms in total. The number of benzene rings is 7. The molecule has 0 aliphatic heterocycles. The Morgan fingerprint density at radius 3 is 0.753 bits per heavy atom. The maximum absolute atomic E-state index is 7.50. The molecule has 0 N–H and O–H groups in total. The van der Waals surface area contributed by atoms with Crippen LogP contribution in [0.5, 0.6) is 0 Å². The number of hydrogen-bond donors (Lipinski definition) is 0. The van der Waals surface area contributed by atoms with Crippen molar-refractivity contribution in [2.24, 2.45) is 4.52 Å². The van der Waals surface area contributed by atoms with E-state index in [1.807, 2.05) is 0 Å². The first-order chi connectivity index (χ1) is 36.7. The van der Waals surface area contributed by atoms with Crippen LogP contribution in [0.1, 0.15) is 83.1 Å². The molecule has 0 amide bonds. The van der Waals surface area contributed by atoms with Crippen LogP contribution in [-0.2, 0) is 35.0 Å². The van der Waals surface area contributed by atoms with Gasteiger partial charge in [0.15, 0.2) is 0 Å². The van der Waals surface area contributed by atoms with Gasteiger partial charge in [0.05, 0.1) is 0 Å². The molecule has 0 atom stereocenters. The molecule has 0 bridgehead atoms. The Hall–Kier alpha value is -3.54. The van der Waals surface area contributed by atoms with E-state index in [-0.39, 0.29) is 44.8 Å². The summed E-state index contributed by atoms with van der Waals surface area (Å²) in [6.07, 6.45) is -0.559. The zero-order valence-electron chi connectivity index (χ0n) is 47.7. The summed E-state index contributed by atoms with van der Waals surface area (Å²) in [6.45, 7) is 43.5. The van der Waals surface area contributed by atoms with Crippen LogP contribution in [0.4, 0.5) is 0 Å². The summed E-state index contributed by atoms with van der Waals surface area (Å²) in [5.74, 6) is 0. The Bertz CT molecular complexity index is 2490. The maximum Gasteiger partial charge on any atom is 0.228 e. The Morgan fingerprint density at radius 2 is 0.545 bits per heavy atom. The fourth-order valence-corrected chi connectivity index (χ4v) is 30.9. The van der Waals surface area contributed by atoms with Crippen molar-refractivity contribution in [3.8, 4) is 0 Å². The largest absolute Gasteiger partial charge is 0.228 e. The van der Waals surface area contributed by atoms with Crippen LogP contribution in [0.3, 0.4) is 0 Å². The molecule has 404 valence electrons. The number of rotatable bonds is 20. The summed E-state index contributed by atoms with van der Waals surface area (Å²) < 4.78 is 28.9. The van der Waals surface area contributed by atoms with Crippen molar-refractivity contribution in [1.29, 1.82) is 0 Å². The average molecular weight is 1290 g/mol. The van der Waals surface area contributed by atoms with Crippen molar-refractivity contribution in [1.82, 2.24) is 0 Å². The SMILES string of the molecule is CC(C)P(C[B-](CP(C(C)C)C(C)C)(CP(C(C)C)C(C)C)c1ccccc1)C(C)C.[C-]#[O+].[C-]#[O+].[C-]#[O+].[W].c1ccc(P(=N[P+](c2ccccc2)(c2ccccc2)c2ccccc2)(c2ccccc2)c2ccccc2)cc1. The van der Waals surface area contributed by atoms with Crippen molar-refractivity contribution in [3.63, 3.8) is 0 Å². The summed E-state index contributed by atoms with van der Waals surface area (Å²) in [5, 5.41) is 7.55. The summed E-state index contributed by atoms with van der Waals surface area (Å²) in [4.78, 5) is 0. The van der Waals surface area contributed by atoms with Crippen LogP contribution in [0.2, 0.25) is 0 Å². The van der Waals surface area contributed by atoms with Crippen LogP contribution in [0, 0.1) is 20.0 Å². The molecular weight excluding hydrogens is 1200 g/mol. The fraction of sp³-hybridized carbons (Fsp3) is 0.318. The molecule has 0 spiro atoms. The minimum atomic E-state index is -2.50. The van der Waals surface area contributed by atoms with E-state index in [1.54, 1.807) is 5.46 Å². The van der Waals surface area contributed by atoms with Gasteiger partial charge in [-0.1, -0.05) is 259 Å². The first-order valence-electron chi connectivity index (χ1n) is 26.7. The van der Waals surface area contributed by atoms with Crippen LogP contribution in [0.15, 0.2) is 217 Å². The molecule has 7 aromatic carbocycles. The van der Waals surface area contributed by atoms with Gasteiger partial charge in [-0.2, -0.15) is 18.2 Å². The summed E-state index contributed by atoms with van der Waals surface area (Å²) in [6, 6.07) is 82.0. The standard InChI is InChI=1S/C36H30NP2.C27H53BP3.3CO.W/c1-7-19-31(20-8-1)38(32-21-9-2-10-22-32,33-23-11-3-12-24-33)37-39(34-25-13-4-14-26-34,35-27-15-5-16-28-35)36-29-17-6-18-30-36;1-21(2)29(22(3)4)18-28(27-16-14-13-15-17-27,19-30(23(5)6)24(7)8)20-31(25(9)10)26(11)12;3*1-2;/h1-30H;13-17,21-26H,18-20H2,1-12H3;;;;/q+1;-1;;;;. The predicted molar refractivity (Wildman–Crippen MR) is 343 cm³/mol. The van der Waals surface area contributed by atoms with Gasteiger partial charge < -0.3 is 0 Å². The predicted octanol–water partition coefficient (Wildman–Crippen LogP) is 15.8. The van der Waals surface area contributed by atoms with Gasteiger partial charge in [-0.3, -0.25) is 0 Å². The fourth-order valence-electron chi connectivity index (χ4n) is 10.9. The van der Waals surface area contributed by atoms with Gasteiger partial charge in [0.2, 0.25) is 7.41 Å². The molecule has 0 aliphatic carbocycles. The Balaban J connectivity index is 0.000000487. The van der Waals surface area contributed by atoms with Gasteiger partial charge in [0, 0.05) is 43.1 Å². The van der Waals surface area contributed by atoms with Gasteiger partial charge in [-0.25, -0.2) is 5.46 Å². The minimum absolute atomic E-state index is 0. The minimum Gasteiger partial charge on any atom is -0.121 e. The number of nitrogens with zero attached hydrogens (tertiary/aromatic N) is 1. The third kappa shape index (κ3) is 18.5. The Morgan fingerprint density at radius 1 is 0.351 bits per heavy atom. The van der Waals surface area contributed by atoms with Crippen LogP contribution in [-0.4, -0.2) is 58.3 Å². The second kappa shape index (κ2) is 35.9. The number of hydrogen-bond acceptors (Lipinski definition) is 1. The second-order valence-electron chi connectivity index (χ2n) is 20.9. The summed E-state index contributed by atoms with van der Waals surface area (Å²) in [5.41, 5.74) is 6.59. The molecule has 11 heteroatoms. The summed E-state index contributed by atoms with van der Waals surface area (Å²) >= 11 is 0. The van der Waals surface area contributed by atoms with Crippen LogP contribution < -0.4 is 37.3 Å². The molecule has 0 heterocycles. The van der Waals surface area contributed by atoms with E-state index < -0.39 is 20.6 Å². The van der Waals surface area contributed by atoms with Crippen molar-refractivity contribution < 1.29 is 35.0 Å². The van der Waals surface area contributed by atoms with Crippen LogP contribution >= 0.6 is 38.2 Å². The van der Waals surface area contributed by atoms with E-state index in [1.165, 1.54) is 50.0 Å². The molecule has 0 fully saturated rings. The third-order valence-electron chi connectivity index (χ3n) is 14.2. The monoisotopic (exact) mass is 1290 g/mol. The van der Waals surface area contributed by atoms with Gasteiger partial charge in [-0.15, -0.1) is 28.3 Å². The van der Waals surface area contributed by atoms with E-state index in [2.05, 4.69) is 315 Å². The molecule has 7 aromatic rings. The van der Waals surface area contributed by atoms with Crippen molar-refractivity contribution in [2.75, 3.05) is 18.2 Å². The Kier molecular flexibility index (Phi) is 32.5. The first-order valence-corrected chi connectivity index (χ1v) is 35.1. The molecule has 0 saturated carbocycles. The molecule has 77 heavy (non-hydrogen) atoms. The van der Waals surface area contributed by atoms with E-state index in [4.69, 9.17) is 18.5 Å². The molecule has 0 radical (unpaired) electrons. The smallest absolute Gasteiger partial charge is 0.121 e. The van der Waals surface area contributed by atoms with Crippen molar-refractivity contribution in [3.05, 3.63) is 232 Å². The van der Waals surface area contributed by atoms with Gasteiger partial charge in [0.25, 0.3) is 0 Å². The van der Waals surface area contributed by atoms with Crippen molar-refractivity contribution in [2.45, 2.75) is 117 Å². The third-order valence-corrected chi connectivity index (χ3v) is 34.0. The zero-order valence-corrected chi connectivity index (χ0v) is 55.1. The van der Waals surface area contributed by atoms with E-state index in [9.17, 15) is 0 Å². The molecular formula is C66H83BNO3P5W. The molecule has 0 saturated heterocycles. The molecule has 0 unspecified atom stereocenters. The zero-order chi connectivity index (χ0) is 56.3. The van der Waals surface area contributed by atoms with Gasteiger partial charge >= 0.3 is 33.9 Å². The van der Waals surface area contributed by atoms with E-state index in [0.29, 0.717) is 0 Å². The topological polar surface area (TPSA) is 72.1 Å². The van der Waals surface area contributed by atoms with E-state index in [0.717, 1.165) is 34.0 Å². The second-order valence-corrected chi connectivity index (χ2v) is 37.6. The van der Waals surface area contributed by atoms with Gasteiger partial charge in [0.1, 0.15) is 23.0 Å². The van der Waals surface area contributed by atoms with Crippen LogP contribution in [0.25, 0.3) is 0 Å². The normalized spacial score (nSPS) is 11.4. The van der Waals surface area contributed by atoms with E-state index >= 15 is 0 Å².